The van der Waals surface area contributed by atoms with Gasteiger partial charge in [0.15, 0.2) is 11.5 Å². The summed E-state index contributed by atoms with van der Waals surface area (Å²) in [5.41, 5.74) is 0.546. The van der Waals surface area contributed by atoms with E-state index in [1.165, 1.54) is 6.20 Å². The first-order chi connectivity index (χ1) is 10.2. The number of rotatable bonds is 1. The average Bonchev–Trinajstić information content (AvgIpc) is 2.49. The normalized spacial score (nSPS) is 11.8. The average molecular weight is 279 g/mol. The van der Waals surface area contributed by atoms with Gasteiger partial charge in [-0.1, -0.05) is 18.2 Å². The van der Waals surface area contributed by atoms with E-state index in [0.29, 0.717) is 28.1 Å². The van der Waals surface area contributed by atoms with Crippen molar-refractivity contribution in [3.05, 3.63) is 64.4 Å². The Balaban J connectivity index is 2.24. The molecule has 0 bridgehead atoms. The maximum absolute atomic E-state index is 12.3. The monoisotopic (exact) mass is 279 g/mol. The number of hydrogen-bond donors (Lipinski definition) is 1. The molecule has 1 aliphatic heterocycles. The Morgan fingerprint density at radius 2 is 1.81 bits per heavy atom. The first kappa shape index (κ1) is 11.7. The molecule has 5 nitrogen and oxygen atoms in total. The highest BCUT2D eigenvalue weighted by Gasteiger charge is 2.23. The number of carbonyl (C=O) groups is 1. The van der Waals surface area contributed by atoms with Crippen LogP contribution in [0, 0.1) is 0 Å². The van der Waals surface area contributed by atoms with Crippen molar-refractivity contribution < 1.29 is 14.6 Å². The van der Waals surface area contributed by atoms with Crippen LogP contribution >= 0.6 is 0 Å². The number of nitrogens with zero attached hydrogens (tertiary/aromatic N) is 1. The number of para-hydroxylation sites is 3. The lowest BCUT2D eigenvalue weighted by Gasteiger charge is -2.23. The number of carboxylic acids is 1. The molecule has 102 valence electrons. The Kier molecular flexibility index (Phi) is 2.21. The number of benzene rings is 2. The van der Waals surface area contributed by atoms with Crippen LogP contribution in [0.25, 0.3) is 16.6 Å². The molecule has 0 atom stereocenters. The lowest BCUT2D eigenvalue weighted by Crippen LogP contribution is -2.20. The number of hydrogen-bond acceptors (Lipinski definition) is 3. The summed E-state index contributed by atoms with van der Waals surface area (Å²) in [6.45, 7) is 0. The fourth-order valence-corrected chi connectivity index (χ4v) is 2.64. The van der Waals surface area contributed by atoms with E-state index in [1.54, 1.807) is 28.8 Å². The van der Waals surface area contributed by atoms with Crippen molar-refractivity contribution >= 4 is 16.9 Å². The van der Waals surface area contributed by atoms with E-state index in [0.717, 1.165) is 0 Å². The molecule has 2 aromatic carbocycles. The van der Waals surface area contributed by atoms with Crippen LogP contribution in [0.1, 0.15) is 10.4 Å². The Bertz CT molecular complexity index is 972. The summed E-state index contributed by atoms with van der Waals surface area (Å²) in [5, 5.41) is 9.57. The summed E-state index contributed by atoms with van der Waals surface area (Å²) in [6.07, 6.45) is 1.36. The molecule has 3 aromatic rings. The van der Waals surface area contributed by atoms with E-state index < -0.39 is 11.4 Å². The molecule has 5 heteroatoms. The third-order valence-electron chi connectivity index (χ3n) is 3.56. The lowest BCUT2D eigenvalue weighted by molar-refractivity contribution is 0.0695. The summed E-state index contributed by atoms with van der Waals surface area (Å²) in [4.78, 5) is 23.6. The predicted molar refractivity (Wildman–Crippen MR) is 76.6 cm³/mol. The topological polar surface area (TPSA) is 68.5 Å². The van der Waals surface area contributed by atoms with Gasteiger partial charge in [0.25, 0.3) is 0 Å². The summed E-state index contributed by atoms with van der Waals surface area (Å²) < 4.78 is 7.50. The van der Waals surface area contributed by atoms with E-state index in [1.807, 2.05) is 18.2 Å². The molecule has 1 aliphatic rings. The molecule has 0 radical (unpaired) electrons. The summed E-state index contributed by atoms with van der Waals surface area (Å²) in [5.74, 6) is -0.0715. The van der Waals surface area contributed by atoms with Gasteiger partial charge >= 0.3 is 5.97 Å². The number of pyridine rings is 1. The van der Waals surface area contributed by atoms with Crippen molar-refractivity contribution in [1.29, 1.82) is 0 Å². The maximum atomic E-state index is 12.3. The number of aromatic carboxylic acids is 1. The van der Waals surface area contributed by atoms with Crippen LogP contribution in [0.5, 0.6) is 11.5 Å². The van der Waals surface area contributed by atoms with E-state index in [9.17, 15) is 14.7 Å². The molecular weight excluding hydrogens is 270 g/mol. The van der Waals surface area contributed by atoms with Crippen molar-refractivity contribution in [3.8, 4) is 17.2 Å². The zero-order valence-electron chi connectivity index (χ0n) is 10.7. The summed E-state index contributed by atoms with van der Waals surface area (Å²) in [6, 6.07) is 12.3. The van der Waals surface area contributed by atoms with Crippen molar-refractivity contribution in [2.75, 3.05) is 0 Å². The fourth-order valence-electron chi connectivity index (χ4n) is 2.64. The molecule has 2 heterocycles. The zero-order valence-corrected chi connectivity index (χ0v) is 10.7. The van der Waals surface area contributed by atoms with Crippen LogP contribution in [0.3, 0.4) is 0 Å². The zero-order chi connectivity index (χ0) is 14.6. The number of fused-ring (bicyclic) bond motifs is 2. The Morgan fingerprint density at radius 3 is 2.62 bits per heavy atom. The van der Waals surface area contributed by atoms with Gasteiger partial charge in [-0.25, -0.2) is 4.79 Å². The van der Waals surface area contributed by atoms with Gasteiger partial charge in [-0.15, -0.1) is 0 Å². The molecular formula is C16H9NO4. The summed E-state index contributed by atoms with van der Waals surface area (Å²) in [7, 11) is 0. The highest BCUT2D eigenvalue weighted by atomic mass is 16.5. The Hall–Kier alpha value is -3.08. The van der Waals surface area contributed by atoms with E-state index in [2.05, 4.69) is 0 Å². The van der Waals surface area contributed by atoms with Crippen molar-refractivity contribution in [1.82, 2.24) is 4.57 Å². The Morgan fingerprint density at radius 1 is 1.05 bits per heavy atom. The van der Waals surface area contributed by atoms with Gasteiger partial charge in [0.05, 0.1) is 11.1 Å². The second kappa shape index (κ2) is 3.96. The molecule has 0 fully saturated rings. The quantitative estimate of drug-likeness (QED) is 0.581. The molecule has 0 saturated carbocycles. The molecule has 0 saturated heterocycles. The van der Waals surface area contributed by atoms with Gasteiger partial charge in [0.2, 0.25) is 5.43 Å². The van der Waals surface area contributed by atoms with E-state index in [4.69, 9.17) is 4.74 Å². The SMILES string of the molecule is O=C(O)c1cn2c3c(cccc3c1=O)Oc1ccccc1-2. The van der Waals surface area contributed by atoms with Crippen LogP contribution in [0.2, 0.25) is 0 Å². The van der Waals surface area contributed by atoms with Crippen molar-refractivity contribution in [2.45, 2.75) is 0 Å². The van der Waals surface area contributed by atoms with Crippen LogP contribution in [0.15, 0.2) is 53.5 Å². The molecule has 21 heavy (non-hydrogen) atoms. The highest BCUT2D eigenvalue weighted by molar-refractivity contribution is 5.96. The second-order valence-corrected chi connectivity index (χ2v) is 4.77. The second-order valence-electron chi connectivity index (χ2n) is 4.77. The molecule has 0 amide bonds. The van der Waals surface area contributed by atoms with Crippen LogP contribution in [-0.4, -0.2) is 15.6 Å². The minimum absolute atomic E-state index is 0.253. The molecule has 1 aromatic heterocycles. The molecule has 0 aliphatic carbocycles. The smallest absolute Gasteiger partial charge is 0.341 e. The first-order valence-electron chi connectivity index (χ1n) is 6.36. The van der Waals surface area contributed by atoms with Crippen LogP contribution in [0.4, 0.5) is 0 Å². The lowest BCUT2D eigenvalue weighted by atomic mass is 10.1. The Labute approximate surface area is 118 Å². The fraction of sp³-hybridized carbons (Fsp3) is 0. The van der Waals surface area contributed by atoms with Crippen molar-refractivity contribution in [2.24, 2.45) is 0 Å². The molecule has 4 rings (SSSR count). The van der Waals surface area contributed by atoms with Crippen LogP contribution in [-0.2, 0) is 0 Å². The maximum Gasteiger partial charge on any atom is 0.341 e. The van der Waals surface area contributed by atoms with Gasteiger partial charge < -0.3 is 14.4 Å². The summed E-state index contributed by atoms with van der Waals surface area (Å²) >= 11 is 0. The highest BCUT2D eigenvalue weighted by Crippen LogP contribution is 2.38. The third-order valence-corrected chi connectivity index (χ3v) is 3.56. The van der Waals surface area contributed by atoms with Gasteiger partial charge in [-0.2, -0.15) is 0 Å². The largest absolute Gasteiger partial charge is 0.477 e. The van der Waals surface area contributed by atoms with Gasteiger partial charge in [-0.05, 0) is 24.3 Å². The minimum Gasteiger partial charge on any atom is -0.477 e. The predicted octanol–water partition coefficient (Wildman–Crippen LogP) is 2.79. The number of aromatic nitrogens is 1. The minimum atomic E-state index is -1.24. The first-order valence-corrected chi connectivity index (χ1v) is 6.36. The van der Waals surface area contributed by atoms with Crippen molar-refractivity contribution in [3.63, 3.8) is 0 Å². The third kappa shape index (κ3) is 1.51. The van der Waals surface area contributed by atoms with Gasteiger partial charge in [0.1, 0.15) is 11.1 Å². The number of ether oxygens (including phenoxy) is 1. The van der Waals surface area contributed by atoms with Gasteiger partial charge in [0, 0.05) is 6.20 Å². The molecule has 0 spiro atoms. The van der Waals surface area contributed by atoms with E-state index >= 15 is 0 Å². The standard InChI is InChI=1S/C16H9NO4/c18-15-9-4-3-7-13-14(9)17(8-10(15)16(19)20)11-5-1-2-6-12(11)21-13/h1-8H,(H,19,20). The van der Waals surface area contributed by atoms with Crippen LogP contribution < -0.4 is 10.2 Å². The van der Waals surface area contributed by atoms with Gasteiger partial charge in [-0.3, -0.25) is 4.79 Å². The number of carboxylic acid groups (broad SMARTS) is 1. The molecule has 1 N–H and O–H groups in total. The molecule has 0 unspecified atom stereocenters. The van der Waals surface area contributed by atoms with E-state index in [-0.39, 0.29) is 5.56 Å².